The predicted octanol–water partition coefficient (Wildman–Crippen LogP) is 4.56. The Balaban J connectivity index is 1.53. The van der Waals surface area contributed by atoms with Crippen molar-refractivity contribution in [2.24, 2.45) is 0 Å². The molecular weight excluding hydrogens is 320 g/mol. The number of fused-ring (bicyclic) bond motifs is 1. The van der Waals surface area contributed by atoms with E-state index in [-0.39, 0.29) is 0 Å². The molecule has 0 amide bonds. The highest BCUT2D eigenvalue weighted by Gasteiger charge is 2.25. The molecule has 4 rings (SSSR count). The number of aromatic hydroxyl groups is 1. The first-order valence-corrected chi connectivity index (χ1v) is 9.37. The average molecular weight is 346 g/mol. The van der Waals surface area contributed by atoms with E-state index in [1.54, 1.807) is 0 Å². The maximum absolute atomic E-state index is 10.4. The average Bonchev–Trinajstić information content (AvgIpc) is 2.64. The quantitative estimate of drug-likeness (QED) is 0.753. The Labute approximate surface area is 155 Å². The molecule has 0 spiro atoms. The molecule has 1 aliphatic rings. The number of anilines is 1. The third kappa shape index (κ3) is 3.27. The number of rotatable bonds is 3. The third-order valence-electron chi connectivity index (χ3n) is 5.44. The third-order valence-corrected chi connectivity index (χ3v) is 5.44. The van der Waals surface area contributed by atoms with Crippen LogP contribution in [0.2, 0.25) is 0 Å². The molecule has 26 heavy (non-hydrogen) atoms. The van der Waals surface area contributed by atoms with Crippen LogP contribution < -0.4 is 4.90 Å². The summed E-state index contributed by atoms with van der Waals surface area (Å²) in [7, 11) is 0. The minimum absolute atomic E-state index is 0.400. The van der Waals surface area contributed by atoms with Gasteiger partial charge in [0.25, 0.3) is 0 Å². The first kappa shape index (κ1) is 16.9. The normalized spacial score (nSPS) is 18.4. The molecule has 0 aromatic heterocycles. The number of phenols is 1. The van der Waals surface area contributed by atoms with Crippen LogP contribution in [-0.2, 0) is 6.54 Å². The lowest BCUT2D eigenvalue weighted by Gasteiger charge is -2.41. The molecule has 0 bridgehead atoms. The molecule has 134 valence electrons. The number of benzene rings is 3. The van der Waals surface area contributed by atoms with E-state index in [4.69, 9.17) is 0 Å². The Bertz CT molecular complexity index is 921. The maximum atomic E-state index is 10.4. The molecule has 1 N–H and O–H groups in total. The first-order valence-electron chi connectivity index (χ1n) is 9.37. The smallest absolute Gasteiger partial charge is 0.120 e. The molecule has 3 aromatic carbocycles. The van der Waals surface area contributed by atoms with E-state index in [0.29, 0.717) is 11.8 Å². The Morgan fingerprint density at radius 3 is 2.65 bits per heavy atom. The molecule has 1 saturated heterocycles. The largest absolute Gasteiger partial charge is 0.508 e. The summed E-state index contributed by atoms with van der Waals surface area (Å²) >= 11 is 0. The highest BCUT2D eigenvalue weighted by molar-refractivity contribution is 5.87. The van der Waals surface area contributed by atoms with Gasteiger partial charge in [-0.25, -0.2) is 0 Å². The minimum Gasteiger partial charge on any atom is -0.508 e. The van der Waals surface area contributed by atoms with Crippen molar-refractivity contribution < 1.29 is 5.11 Å². The van der Waals surface area contributed by atoms with Gasteiger partial charge in [-0.3, -0.25) is 4.90 Å². The van der Waals surface area contributed by atoms with Gasteiger partial charge in [-0.2, -0.15) is 0 Å². The van der Waals surface area contributed by atoms with E-state index in [1.165, 1.54) is 16.6 Å². The van der Waals surface area contributed by atoms with Crippen LogP contribution in [0.25, 0.3) is 10.8 Å². The zero-order valence-electron chi connectivity index (χ0n) is 15.5. The van der Waals surface area contributed by atoms with Crippen molar-refractivity contribution in [3.8, 4) is 5.75 Å². The molecule has 3 heteroatoms. The SMILES string of the molecule is Cc1cccc(N2CCN(Cc3c(O)ccc4ccccc34)CC2C)c1. The van der Waals surface area contributed by atoms with Crippen molar-refractivity contribution in [2.75, 3.05) is 24.5 Å². The molecule has 0 saturated carbocycles. The van der Waals surface area contributed by atoms with Crippen molar-refractivity contribution in [1.82, 2.24) is 4.90 Å². The fraction of sp³-hybridized carbons (Fsp3) is 0.304. The summed E-state index contributed by atoms with van der Waals surface area (Å²) < 4.78 is 0. The molecule has 0 radical (unpaired) electrons. The molecule has 1 fully saturated rings. The van der Waals surface area contributed by atoms with E-state index in [1.807, 2.05) is 24.3 Å². The van der Waals surface area contributed by atoms with E-state index < -0.39 is 0 Å². The number of piperazine rings is 1. The highest BCUT2D eigenvalue weighted by atomic mass is 16.3. The summed E-state index contributed by atoms with van der Waals surface area (Å²) in [5, 5.41) is 12.8. The molecule has 1 atom stereocenters. The summed E-state index contributed by atoms with van der Waals surface area (Å²) in [5.41, 5.74) is 3.65. The molecule has 3 aromatic rings. The molecule has 1 heterocycles. The Morgan fingerprint density at radius 2 is 1.85 bits per heavy atom. The second kappa shape index (κ2) is 7.00. The number of nitrogens with zero attached hydrogens (tertiary/aromatic N) is 2. The van der Waals surface area contributed by atoms with Gasteiger partial charge in [0.1, 0.15) is 5.75 Å². The number of hydrogen-bond acceptors (Lipinski definition) is 3. The van der Waals surface area contributed by atoms with Gasteiger partial charge in [0, 0.05) is 43.5 Å². The minimum atomic E-state index is 0.400. The fourth-order valence-corrected chi connectivity index (χ4v) is 4.08. The summed E-state index contributed by atoms with van der Waals surface area (Å²) in [5.74, 6) is 0.400. The van der Waals surface area contributed by atoms with E-state index in [9.17, 15) is 5.11 Å². The van der Waals surface area contributed by atoms with Crippen LogP contribution in [-0.4, -0.2) is 35.7 Å². The number of aryl methyl sites for hydroxylation is 1. The lowest BCUT2D eigenvalue weighted by molar-refractivity contribution is 0.219. The van der Waals surface area contributed by atoms with Crippen molar-refractivity contribution in [3.05, 3.63) is 71.8 Å². The first-order chi connectivity index (χ1) is 12.6. The van der Waals surface area contributed by atoms with Gasteiger partial charge in [-0.15, -0.1) is 0 Å². The Hall–Kier alpha value is -2.52. The Kier molecular flexibility index (Phi) is 4.56. The second-order valence-electron chi connectivity index (χ2n) is 7.40. The molecule has 1 aliphatic heterocycles. The maximum Gasteiger partial charge on any atom is 0.120 e. The van der Waals surface area contributed by atoms with Crippen molar-refractivity contribution >= 4 is 16.5 Å². The summed E-state index contributed by atoms with van der Waals surface area (Å²) in [4.78, 5) is 4.95. The molecular formula is C23H26N2O. The predicted molar refractivity (Wildman–Crippen MR) is 109 cm³/mol. The lowest BCUT2D eigenvalue weighted by Crippen LogP contribution is -2.51. The van der Waals surface area contributed by atoms with Crippen LogP contribution in [0.5, 0.6) is 5.75 Å². The van der Waals surface area contributed by atoms with Gasteiger partial charge < -0.3 is 10.0 Å². The molecule has 0 aliphatic carbocycles. The summed E-state index contributed by atoms with van der Waals surface area (Å²) in [6.45, 7) is 8.23. The van der Waals surface area contributed by atoms with Gasteiger partial charge in [-0.05, 0) is 48.4 Å². The van der Waals surface area contributed by atoms with Gasteiger partial charge in [0.15, 0.2) is 0 Å². The van der Waals surface area contributed by atoms with Crippen LogP contribution >= 0.6 is 0 Å². The van der Waals surface area contributed by atoms with Crippen LogP contribution in [0.1, 0.15) is 18.1 Å². The van der Waals surface area contributed by atoms with Gasteiger partial charge in [-0.1, -0.05) is 42.5 Å². The van der Waals surface area contributed by atoms with Crippen LogP contribution in [0.3, 0.4) is 0 Å². The fourth-order valence-electron chi connectivity index (χ4n) is 4.08. The van der Waals surface area contributed by atoms with Crippen molar-refractivity contribution in [2.45, 2.75) is 26.4 Å². The van der Waals surface area contributed by atoms with Gasteiger partial charge in [0.2, 0.25) is 0 Å². The molecule has 1 unspecified atom stereocenters. The van der Waals surface area contributed by atoms with Crippen LogP contribution in [0.15, 0.2) is 60.7 Å². The zero-order valence-corrected chi connectivity index (χ0v) is 15.5. The standard InChI is InChI=1S/C23H26N2O/c1-17-6-5-8-20(14-17)25-13-12-24(15-18(25)2)16-22-21-9-4-3-7-19(21)10-11-23(22)26/h3-11,14,18,26H,12-13,15-16H2,1-2H3. The van der Waals surface area contributed by atoms with E-state index >= 15 is 0 Å². The van der Waals surface area contributed by atoms with Gasteiger partial charge >= 0.3 is 0 Å². The van der Waals surface area contributed by atoms with Crippen LogP contribution in [0, 0.1) is 6.92 Å². The topological polar surface area (TPSA) is 26.7 Å². The van der Waals surface area contributed by atoms with Crippen molar-refractivity contribution in [3.63, 3.8) is 0 Å². The number of phenolic OH excluding ortho intramolecular Hbond substituents is 1. The van der Waals surface area contributed by atoms with Crippen molar-refractivity contribution in [1.29, 1.82) is 0 Å². The van der Waals surface area contributed by atoms with E-state index in [2.05, 4.69) is 60.0 Å². The number of hydrogen-bond donors (Lipinski definition) is 1. The van der Waals surface area contributed by atoms with Crippen LogP contribution in [0.4, 0.5) is 5.69 Å². The summed E-state index contributed by atoms with van der Waals surface area (Å²) in [6, 6.07) is 21.3. The monoisotopic (exact) mass is 346 g/mol. The Morgan fingerprint density at radius 1 is 1.00 bits per heavy atom. The van der Waals surface area contributed by atoms with Gasteiger partial charge in [0.05, 0.1) is 0 Å². The highest BCUT2D eigenvalue weighted by Crippen LogP contribution is 2.29. The second-order valence-corrected chi connectivity index (χ2v) is 7.40. The van der Waals surface area contributed by atoms with E-state index in [0.717, 1.165) is 37.1 Å². The summed E-state index contributed by atoms with van der Waals surface area (Å²) in [6.07, 6.45) is 0. The molecule has 3 nitrogen and oxygen atoms in total. The lowest BCUT2D eigenvalue weighted by atomic mass is 10.0. The zero-order chi connectivity index (χ0) is 18.1.